The third kappa shape index (κ3) is 4.84. The van der Waals surface area contributed by atoms with Crippen LogP contribution in [0.15, 0.2) is 4.34 Å². The van der Waals surface area contributed by atoms with Crippen LogP contribution in [0.4, 0.5) is 5.13 Å². The number of carbonyl (C=O) groups excluding carboxylic acids is 1. The van der Waals surface area contributed by atoms with Crippen molar-refractivity contribution in [2.45, 2.75) is 68.3 Å². The number of nitriles is 1. The second-order valence-electron chi connectivity index (χ2n) is 7.19. The molecule has 0 saturated heterocycles. The lowest BCUT2D eigenvalue weighted by atomic mass is 9.81. The first-order valence-electron chi connectivity index (χ1n) is 8.18. The number of amides is 1. The van der Waals surface area contributed by atoms with E-state index in [0.717, 1.165) is 41.6 Å². The predicted octanol–water partition coefficient (Wildman–Crippen LogP) is 3.53. The van der Waals surface area contributed by atoms with Gasteiger partial charge in [-0.25, -0.2) is 0 Å². The fraction of sp³-hybridized carbons (Fsp3) is 0.750. The summed E-state index contributed by atoms with van der Waals surface area (Å²) in [6, 6.07) is 2.39. The molecule has 0 bridgehead atoms. The highest BCUT2D eigenvalue weighted by Gasteiger charge is 2.38. The Bertz CT molecular complexity index is 611. The summed E-state index contributed by atoms with van der Waals surface area (Å²) in [7, 11) is 1.75. The van der Waals surface area contributed by atoms with E-state index in [2.05, 4.69) is 42.4 Å². The van der Waals surface area contributed by atoms with E-state index in [1.54, 1.807) is 11.9 Å². The maximum Gasteiger partial charge on any atom is 0.234 e. The first-order chi connectivity index (χ1) is 11.3. The molecule has 132 valence electrons. The number of anilines is 1. The van der Waals surface area contributed by atoms with Crippen molar-refractivity contribution < 1.29 is 4.79 Å². The number of nitrogens with zero attached hydrogens (tertiary/aromatic N) is 4. The fourth-order valence-electron chi connectivity index (χ4n) is 2.76. The van der Waals surface area contributed by atoms with Crippen molar-refractivity contribution in [3.63, 3.8) is 0 Å². The molecular weight excluding hydrogens is 342 g/mol. The van der Waals surface area contributed by atoms with Crippen LogP contribution in [0.3, 0.4) is 0 Å². The van der Waals surface area contributed by atoms with E-state index in [1.807, 2.05) is 0 Å². The Morgan fingerprint density at radius 2 is 2.04 bits per heavy atom. The number of hydrogen-bond donors (Lipinski definition) is 1. The standard InChI is InChI=1S/C16H25N5OS2/c1-15(2,3)18-13-19-20-14(24-13)23-10-12(22)21(4)16(11-17)8-6-5-7-9-16/h5-10H2,1-4H3,(H,18,19). The van der Waals surface area contributed by atoms with E-state index in [1.165, 1.54) is 23.1 Å². The van der Waals surface area contributed by atoms with Gasteiger partial charge in [-0.2, -0.15) is 5.26 Å². The molecule has 1 amide bonds. The van der Waals surface area contributed by atoms with Gasteiger partial charge in [-0.1, -0.05) is 42.4 Å². The normalized spacial score (nSPS) is 17.1. The molecule has 1 N–H and O–H groups in total. The largest absolute Gasteiger partial charge is 0.355 e. The number of carbonyl (C=O) groups is 1. The Morgan fingerprint density at radius 1 is 1.38 bits per heavy atom. The molecule has 1 saturated carbocycles. The summed E-state index contributed by atoms with van der Waals surface area (Å²) < 4.78 is 0.762. The van der Waals surface area contributed by atoms with E-state index in [0.29, 0.717) is 0 Å². The Balaban J connectivity index is 1.92. The van der Waals surface area contributed by atoms with Gasteiger partial charge in [0.2, 0.25) is 11.0 Å². The van der Waals surface area contributed by atoms with Gasteiger partial charge < -0.3 is 10.2 Å². The van der Waals surface area contributed by atoms with Gasteiger partial charge in [-0.05, 0) is 33.6 Å². The van der Waals surface area contributed by atoms with Crippen LogP contribution < -0.4 is 5.32 Å². The minimum absolute atomic E-state index is 0.0241. The van der Waals surface area contributed by atoms with Crippen LogP contribution in [0, 0.1) is 11.3 Å². The molecule has 0 radical (unpaired) electrons. The lowest BCUT2D eigenvalue weighted by molar-refractivity contribution is -0.131. The van der Waals surface area contributed by atoms with E-state index in [-0.39, 0.29) is 17.2 Å². The molecule has 0 aromatic carbocycles. The average molecular weight is 368 g/mol. The second-order valence-corrected chi connectivity index (χ2v) is 9.39. The van der Waals surface area contributed by atoms with Crippen molar-refractivity contribution in [2.24, 2.45) is 0 Å². The fourth-order valence-corrected chi connectivity index (χ4v) is 4.63. The number of nitrogens with one attached hydrogen (secondary N) is 1. The number of aromatic nitrogens is 2. The van der Waals surface area contributed by atoms with Crippen LogP contribution in [-0.2, 0) is 4.79 Å². The van der Waals surface area contributed by atoms with Crippen LogP contribution in [0.25, 0.3) is 0 Å². The Labute approximate surface area is 152 Å². The van der Waals surface area contributed by atoms with Gasteiger partial charge in [-0.3, -0.25) is 4.79 Å². The zero-order valence-electron chi connectivity index (χ0n) is 14.8. The summed E-state index contributed by atoms with van der Waals surface area (Å²) in [5.41, 5.74) is -0.701. The zero-order chi connectivity index (χ0) is 17.8. The maximum atomic E-state index is 12.5. The number of thioether (sulfide) groups is 1. The van der Waals surface area contributed by atoms with Crippen LogP contribution in [0.2, 0.25) is 0 Å². The molecule has 8 heteroatoms. The molecule has 0 unspecified atom stereocenters. The second kappa shape index (κ2) is 7.70. The third-order valence-electron chi connectivity index (χ3n) is 4.11. The SMILES string of the molecule is CN(C(=O)CSc1nnc(NC(C)(C)C)s1)C1(C#N)CCCCC1. The van der Waals surface area contributed by atoms with Crippen LogP contribution in [0.5, 0.6) is 0 Å². The molecule has 1 aromatic rings. The molecule has 1 heterocycles. The lowest BCUT2D eigenvalue weighted by Gasteiger charge is -2.38. The molecule has 0 atom stereocenters. The highest BCUT2D eigenvalue weighted by atomic mass is 32.2. The molecule has 1 fully saturated rings. The molecule has 24 heavy (non-hydrogen) atoms. The summed E-state index contributed by atoms with van der Waals surface area (Å²) in [6.45, 7) is 6.18. The van der Waals surface area contributed by atoms with E-state index >= 15 is 0 Å². The minimum atomic E-state index is -0.629. The smallest absolute Gasteiger partial charge is 0.234 e. The van der Waals surface area contributed by atoms with Gasteiger partial charge in [0.25, 0.3) is 0 Å². The monoisotopic (exact) mass is 367 g/mol. The first kappa shape index (κ1) is 19.0. The Hall–Kier alpha value is -1.33. The summed E-state index contributed by atoms with van der Waals surface area (Å²) >= 11 is 2.83. The highest BCUT2D eigenvalue weighted by molar-refractivity contribution is 8.01. The zero-order valence-corrected chi connectivity index (χ0v) is 16.4. The van der Waals surface area contributed by atoms with Gasteiger partial charge in [0.15, 0.2) is 4.34 Å². The summed E-state index contributed by atoms with van der Waals surface area (Å²) in [5, 5.41) is 21.8. The lowest BCUT2D eigenvalue weighted by Crippen LogP contribution is -2.50. The van der Waals surface area contributed by atoms with Gasteiger partial charge >= 0.3 is 0 Å². The van der Waals surface area contributed by atoms with E-state index in [4.69, 9.17) is 0 Å². The molecule has 6 nitrogen and oxygen atoms in total. The molecule has 1 aliphatic carbocycles. The Morgan fingerprint density at radius 3 is 2.62 bits per heavy atom. The van der Waals surface area contributed by atoms with Crippen LogP contribution in [-0.4, -0.2) is 44.9 Å². The predicted molar refractivity (Wildman–Crippen MR) is 98.2 cm³/mol. The van der Waals surface area contributed by atoms with Gasteiger partial charge in [-0.15, -0.1) is 10.2 Å². The van der Waals surface area contributed by atoms with E-state index in [9.17, 15) is 10.1 Å². The topological polar surface area (TPSA) is 81.9 Å². The van der Waals surface area contributed by atoms with Crippen LogP contribution >= 0.6 is 23.1 Å². The average Bonchev–Trinajstić information content (AvgIpc) is 2.98. The first-order valence-corrected chi connectivity index (χ1v) is 9.98. The van der Waals surface area contributed by atoms with Gasteiger partial charge in [0, 0.05) is 12.6 Å². The highest BCUT2D eigenvalue weighted by Crippen LogP contribution is 2.33. The van der Waals surface area contributed by atoms with Crippen molar-refractivity contribution >= 4 is 34.1 Å². The van der Waals surface area contributed by atoms with Gasteiger partial charge in [0.05, 0.1) is 11.8 Å². The minimum Gasteiger partial charge on any atom is -0.355 e. The number of rotatable bonds is 5. The van der Waals surface area contributed by atoms with E-state index < -0.39 is 5.54 Å². The van der Waals surface area contributed by atoms with Gasteiger partial charge in [0.1, 0.15) is 5.54 Å². The maximum absolute atomic E-state index is 12.5. The quantitative estimate of drug-likeness (QED) is 0.802. The van der Waals surface area contributed by atoms with Crippen molar-refractivity contribution in [2.75, 3.05) is 18.1 Å². The molecular formula is C16H25N5OS2. The molecule has 2 rings (SSSR count). The molecule has 0 spiro atoms. The van der Waals surface area contributed by atoms with Crippen molar-refractivity contribution in [1.29, 1.82) is 5.26 Å². The summed E-state index contributed by atoms with van der Waals surface area (Å²) in [5.74, 6) is 0.258. The summed E-state index contributed by atoms with van der Waals surface area (Å²) in [4.78, 5) is 14.2. The van der Waals surface area contributed by atoms with Crippen molar-refractivity contribution in [3.05, 3.63) is 0 Å². The molecule has 1 aromatic heterocycles. The van der Waals surface area contributed by atoms with Crippen molar-refractivity contribution in [1.82, 2.24) is 15.1 Å². The number of hydrogen-bond acceptors (Lipinski definition) is 7. The molecule has 0 aliphatic heterocycles. The van der Waals surface area contributed by atoms with Crippen molar-refractivity contribution in [3.8, 4) is 6.07 Å². The summed E-state index contributed by atoms with van der Waals surface area (Å²) in [6.07, 6.45) is 4.71. The third-order valence-corrected chi connectivity index (χ3v) is 6.07. The molecule has 1 aliphatic rings. The Kier molecular flexibility index (Phi) is 6.10. The van der Waals surface area contributed by atoms with Crippen LogP contribution in [0.1, 0.15) is 52.9 Å².